The van der Waals surface area contributed by atoms with Gasteiger partial charge in [0.15, 0.2) is 0 Å². The van der Waals surface area contributed by atoms with Crippen LogP contribution in [0.2, 0.25) is 0 Å². The van der Waals surface area contributed by atoms with Gasteiger partial charge < -0.3 is 15.4 Å². The molecule has 2 aliphatic rings. The summed E-state index contributed by atoms with van der Waals surface area (Å²) in [4.78, 5) is 36.1. The molecule has 8 heteroatoms. The maximum atomic E-state index is 12.8. The zero-order valence-electron chi connectivity index (χ0n) is 19.4. The van der Waals surface area contributed by atoms with E-state index in [2.05, 4.69) is 40.2 Å². The quantitative estimate of drug-likeness (QED) is 0.413. The number of ether oxygens (including phenoxy) is 1. The highest BCUT2D eigenvalue weighted by atomic mass is 32.2. The summed E-state index contributed by atoms with van der Waals surface area (Å²) in [6, 6.07) is 25.2. The summed E-state index contributed by atoms with van der Waals surface area (Å²) in [6.45, 7) is 1.08. The first-order chi connectivity index (χ1) is 17.5. The van der Waals surface area contributed by atoms with Crippen molar-refractivity contribution in [3.8, 4) is 11.1 Å². The van der Waals surface area contributed by atoms with Crippen LogP contribution in [0.25, 0.3) is 17.2 Å². The van der Waals surface area contributed by atoms with E-state index in [1.807, 2.05) is 30.3 Å². The average molecular weight is 500 g/mol. The van der Waals surface area contributed by atoms with Crippen LogP contribution < -0.4 is 16.0 Å². The van der Waals surface area contributed by atoms with Crippen molar-refractivity contribution in [3.05, 3.63) is 94.9 Å². The van der Waals surface area contributed by atoms with Crippen LogP contribution in [-0.2, 0) is 20.9 Å². The molecule has 0 aliphatic carbocycles. The van der Waals surface area contributed by atoms with E-state index in [0.29, 0.717) is 30.2 Å². The Morgan fingerprint density at radius 1 is 1.00 bits per heavy atom. The van der Waals surface area contributed by atoms with Gasteiger partial charge in [-0.05, 0) is 58.6 Å². The lowest BCUT2D eigenvalue weighted by molar-refractivity contribution is -0.118. The van der Waals surface area contributed by atoms with Crippen molar-refractivity contribution < 1.29 is 19.1 Å². The average Bonchev–Trinajstić information content (AvgIpc) is 3.50. The SMILES string of the molecule is O=C1NC(=O)/C(=C/c2ccc(NC(=O)[C@@H]3C[C@@H](OCc4ccccc4-c4ccccc4)CN3)cc2)S1. The van der Waals surface area contributed by atoms with Crippen LogP contribution in [0.3, 0.4) is 0 Å². The first-order valence-corrected chi connectivity index (χ1v) is 12.5. The van der Waals surface area contributed by atoms with E-state index >= 15 is 0 Å². The van der Waals surface area contributed by atoms with Crippen molar-refractivity contribution in [2.45, 2.75) is 25.2 Å². The second kappa shape index (κ2) is 10.9. The number of carbonyl (C=O) groups excluding carboxylic acids is 3. The number of benzene rings is 3. The molecule has 0 bridgehead atoms. The Morgan fingerprint density at radius 3 is 2.50 bits per heavy atom. The number of hydrogen-bond donors (Lipinski definition) is 3. The Morgan fingerprint density at radius 2 is 1.75 bits per heavy atom. The van der Waals surface area contributed by atoms with Crippen LogP contribution in [0.15, 0.2) is 83.8 Å². The molecule has 0 unspecified atom stereocenters. The Kier molecular flexibility index (Phi) is 7.27. The molecule has 2 heterocycles. The van der Waals surface area contributed by atoms with Crippen molar-refractivity contribution in [2.75, 3.05) is 11.9 Å². The normalized spacial score (nSPS) is 20.5. The number of hydrogen-bond acceptors (Lipinski definition) is 6. The predicted octanol–water partition coefficient (Wildman–Crippen LogP) is 4.56. The van der Waals surface area contributed by atoms with Crippen molar-refractivity contribution in [3.63, 3.8) is 0 Å². The Hall–Kier alpha value is -3.72. The van der Waals surface area contributed by atoms with Gasteiger partial charge >= 0.3 is 0 Å². The summed E-state index contributed by atoms with van der Waals surface area (Å²) in [5, 5.41) is 8.04. The van der Waals surface area contributed by atoms with Gasteiger partial charge in [0, 0.05) is 12.2 Å². The molecule has 0 aromatic heterocycles. The molecule has 2 atom stereocenters. The number of thioether (sulfide) groups is 1. The minimum atomic E-state index is -0.394. The fraction of sp³-hybridized carbons (Fsp3) is 0.179. The fourth-order valence-electron chi connectivity index (χ4n) is 4.25. The molecule has 7 nitrogen and oxygen atoms in total. The van der Waals surface area contributed by atoms with E-state index in [9.17, 15) is 14.4 Å². The molecule has 0 saturated carbocycles. The summed E-state index contributed by atoms with van der Waals surface area (Å²) in [5.41, 5.74) is 4.84. The van der Waals surface area contributed by atoms with Crippen LogP contribution in [-0.4, -0.2) is 35.7 Å². The second-order valence-electron chi connectivity index (χ2n) is 8.62. The van der Waals surface area contributed by atoms with Gasteiger partial charge in [0.2, 0.25) is 5.91 Å². The van der Waals surface area contributed by atoms with E-state index in [4.69, 9.17) is 4.74 Å². The highest BCUT2D eigenvalue weighted by molar-refractivity contribution is 8.18. The predicted molar refractivity (Wildman–Crippen MR) is 141 cm³/mol. The third-order valence-corrected chi connectivity index (χ3v) is 6.91. The van der Waals surface area contributed by atoms with Crippen LogP contribution in [0.4, 0.5) is 10.5 Å². The molecule has 3 N–H and O–H groups in total. The summed E-state index contributed by atoms with van der Waals surface area (Å²) in [6.07, 6.45) is 2.17. The van der Waals surface area contributed by atoms with E-state index in [1.165, 1.54) is 0 Å². The molecule has 2 saturated heterocycles. The van der Waals surface area contributed by atoms with E-state index in [-0.39, 0.29) is 23.3 Å². The highest BCUT2D eigenvalue weighted by Gasteiger charge is 2.30. The lowest BCUT2D eigenvalue weighted by Crippen LogP contribution is -2.35. The van der Waals surface area contributed by atoms with Crippen LogP contribution in [0.1, 0.15) is 17.5 Å². The topological polar surface area (TPSA) is 96.5 Å². The van der Waals surface area contributed by atoms with Crippen molar-refractivity contribution in [1.29, 1.82) is 0 Å². The number of rotatable bonds is 7. The second-order valence-corrected chi connectivity index (χ2v) is 9.63. The highest BCUT2D eigenvalue weighted by Crippen LogP contribution is 2.27. The molecular weight excluding hydrogens is 474 g/mol. The molecule has 3 amide bonds. The van der Waals surface area contributed by atoms with Gasteiger partial charge in [-0.3, -0.25) is 19.7 Å². The molecular formula is C28H25N3O4S. The number of carbonyl (C=O) groups is 3. The monoisotopic (exact) mass is 499 g/mol. The van der Waals surface area contributed by atoms with Gasteiger partial charge in [0.1, 0.15) is 0 Å². The molecule has 3 aromatic rings. The number of anilines is 1. The first kappa shape index (κ1) is 24.0. The molecule has 36 heavy (non-hydrogen) atoms. The van der Waals surface area contributed by atoms with Gasteiger partial charge in [-0.2, -0.15) is 0 Å². The van der Waals surface area contributed by atoms with Gasteiger partial charge in [-0.1, -0.05) is 66.7 Å². The lowest BCUT2D eigenvalue weighted by atomic mass is 10.0. The van der Waals surface area contributed by atoms with E-state index in [0.717, 1.165) is 34.0 Å². The van der Waals surface area contributed by atoms with Gasteiger partial charge in [-0.25, -0.2) is 0 Å². The van der Waals surface area contributed by atoms with Gasteiger partial charge in [-0.15, -0.1) is 0 Å². The van der Waals surface area contributed by atoms with E-state index < -0.39 is 5.91 Å². The molecule has 0 radical (unpaired) electrons. The van der Waals surface area contributed by atoms with Gasteiger partial charge in [0.25, 0.3) is 11.1 Å². The minimum Gasteiger partial charge on any atom is -0.372 e. The zero-order valence-corrected chi connectivity index (χ0v) is 20.2. The van der Waals surface area contributed by atoms with Crippen LogP contribution in [0.5, 0.6) is 0 Å². The number of amides is 3. The minimum absolute atomic E-state index is 0.0589. The maximum absolute atomic E-state index is 12.8. The Balaban J connectivity index is 1.14. The Labute approximate surface area is 213 Å². The van der Waals surface area contributed by atoms with Crippen LogP contribution >= 0.6 is 11.8 Å². The molecule has 2 aliphatic heterocycles. The molecule has 3 aromatic carbocycles. The lowest BCUT2D eigenvalue weighted by Gasteiger charge is -2.14. The van der Waals surface area contributed by atoms with Crippen molar-refractivity contribution in [1.82, 2.24) is 10.6 Å². The number of nitrogens with one attached hydrogen (secondary N) is 3. The largest absolute Gasteiger partial charge is 0.372 e. The summed E-state index contributed by atoms with van der Waals surface area (Å²) in [7, 11) is 0. The smallest absolute Gasteiger partial charge is 0.290 e. The third-order valence-electron chi connectivity index (χ3n) is 6.10. The molecule has 2 fully saturated rings. The summed E-state index contributed by atoms with van der Waals surface area (Å²) >= 11 is 0.874. The van der Waals surface area contributed by atoms with Crippen molar-refractivity contribution >= 4 is 40.6 Å². The summed E-state index contributed by atoms with van der Waals surface area (Å²) in [5.74, 6) is -0.511. The van der Waals surface area contributed by atoms with E-state index in [1.54, 1.807) is 30.3 Å². The molecule has 0 spiro atoms. The third kappa shape index (κ3) is 5.73. The van der Waals surface area contributed by atoms with Crippen molar-refractivity contribution in [2.24, 2.45) is 0 Å². The molecule has 182 valence electrons. The molecule has 5 rings (SSSR count). The first-order valence-electron chi connectivity index (χ1n) is 11.7. The number of imide groups is 1. The standard InChI is InChI=1S/C28H25N3O4S/c32-26(30-21-12-10-18(11-13-21)14-25-27(33)31-28(34)36-25)24-15-22(16-29-24)35-17-20-8-4-5-9-23(20)19-6-2-1-3-7-19/h1-14,22,24,29H,15-17H2,(H,30,32)(H,31,33,34)/b25-14-/t22-,24+/m1/s1. The van der Waals surface area contributed by atoms with Gasteiger partial charge in [0.05, 0.1) is 23.7 Å². The fourth-order valence-corrected chi connectivity index (χ4v) is 4.93. The zero-order chi connectivity index (χ0) is 24.9. The van der Waals surface area contributed by atoms with Crippen LogP contribution in [0, 0.1) is 0 Å². The summed E-state index contributed by atoms with van der Waals surface area (Å²) < 4.78 is 6.17. The maximum Gasteiger partial charge on any atom is 0.290 e. The Bertz CT molecular complexity index is 1310.